The number of hydrogen-bond donors (Lipinski definition) is 0. The number of carbonyl (C=O) groups excluding carboxylic acids is 2. The van der Waals surface area contributed by atoms with Crippen molar-refractivity contribution in [1.82, 2.24) is 9.88 Å². The van der Waals surface area contributed by atoms with Crippen molar-refractivity contribution in [1.29, 1.82) is 0 Å². The van der Waals surface area contributed by atoms with Gasteiger partial charge in [0.15, 0.2) is 0 Å². The fraction of sp³-hybridized carbons (Fsp3) is 0.367. The molecule has 2 aromatic carbocycles. The van der Waals surface area contributed by atoms with Crippen LogP contribution >= 0.6 is 0 Å². The lowest BCUT2D eigenvalue weighted by atomic mass is 9.78. The first-order valence-corrected chi connectivity index (χ1v) is 13.4. The number of aryl methyl sites for hydroxylation is 2. The maximum atomic E-state index is 12.0. The third-order valence-electron chi connectivity index (χ3n) is 6.63. The van der Waals surface area contributed by atoms with Crippen molar-refractivity contribution in [2.24, 2.45) is 5.18 Å². The highest BCUT2D eigenvalue weighted by molar-refractivity contribution is 6.64. The standard InChI is InChI=1S/C30H34BN3O7/c1-20-15-26(38-14-13-30(3,4)33-37)32-21(2)29(20)23-8-6-7-22(16-23)19-39-25-11-9-24(10-12-25)31-40-27(35)17-34(5)18-28(36)41-31/h6-12,15-16H,13-14,17-19H2,1-5H3. The number of rotatable bonds is 10. The number of pyridine rings is 1. The van der Waals surface area contributed by atoms with E-state index in [2.05, 4.69) is 16.2 Å². The summed E-state index contributed by atoms with van der Waals surface area (Å²) < 4.78 is 22.4. The lowest BCUT2D eigenvalue weighted by molar-refractivity contribution is -0.145. The molecule has 41 heavy (non-hydrogen) atoms. The van der Waals surface area contributed by atoms with Gasteiger partial charge in [-0.3, -0.25) is 14.5 Å². The highest BCUT2D eigenvalue weighted by Gasteiger charge is 2.33. The maximum Gasteiger partial charge on any atom is 0.636 e. The molecule has 10 nitrogen and oxygen atoms in total. The van der Waals surface area contributed by atoms with Crippen molar-refractivity contribution in [2.45, 2.75) is 46.3 Å². The lowest BCUT2D eigenvalue weighted by Gasteiger charge is -2.22. The number of nitroso groups, excluding NO2 is 1. The quantitative estimate of drug-likeness (QED) is 0.269. The van der Waals surface area contributed by atoms with E-state index in [-0.39, 0.29) is 13.1 Å². The van der Waals surface area contributed by atoms with Gasteiger partial charge in [-0.05, 0) is 69.6 Å². The predicted molar refractivity (Wildman–Crippen MR) is 155 cm³/mol. The van der Waals surface area contributed by atoms with E-state index in [1.165, 1.54) is 4.90 Å². The molecule has 2 heterocycles. The average Bonchev–Trinajstić information content (AvgIpc) is 2.91. The minimum atomic E-state index is -1.09. The van der Waals surface area contributed by atoms with Crippen LogP contribution in [-0.4, -0.2) is 61.2 Å². The van der Waals surface area contributed by atoms with E-state index in [4.69, 9.17) is 18.8 Å². The van der Waals surface area contributed by atoms with E-state index < -0.39 is 24.6 Å². The number of likely N-dealkylation sites (N-methyl/N-ethyl adjacent to an activating group) is 1. The Hall–Kier alpha value is -4.25. The molecule has 0 amide bonds. The average molecular weight is 559 g/mol. The summed E-state index contributed by atoms with van der Waals surface area (Å²) >= 11 is 0. The number of ether oxygens (including phenoxy) is 2. The molecular weight excluding hydrogens is 525 g/mol. The summed E-state index contributed by atoms with van der Waals surface area (Å²) in [5.41, 5.74) is 4.74. The van der Waals surface area contributed by atoms with Crippen LogP contribution in [0.15, 0.2) is 59.8 Å². The smallest absolute Gasteiger partial charge is 0.494 e. The van der Waals surface area contributed by atoms with Crippen LogP contribution < -0.4 is 14.9 Å². The van der Waals surface area contributed by atoms with Gasteiger partial charge in [-0.25, -0.2) is 4.98 Å². The van der Waals surface area contributed by atoms with Gasteiger partial charge < -0.3 is 18.8 Å². The van der Waals surface area contributed by atoms with Crippen molar-refractivity contribution >= 4 is 24.5 Å². The second-order valence-corrected chi connectivity index (χ2v) is 10.8. The summed E-state index contributed by atoms with van der Waals surface area (Å²) in [6.07, 6.45) is 0.502. The third-order valence-corrected chi connectivity index (χ3v) is 6.63. The fourth-order valence-corrected chi connectivity index (χ4v) is 4.43. The molecule has 0 atom stereocenters. The first-order valence-electron chi connectivity index (χ1n) is 13.4. The molecule has 0 bridgehead atoms. The molecule has 0 unspecified atom stereocenters. The SMILES string of the molecule is Cc1cc(OCCC(C)(C)N=O)nc(C)c1-c1cccc(COc2ccc(B3OC(=O)CN(C)CC(=O)O3)cc2)c1. The van der Waals surface area contributed by atoms with Crippen molar-refractivity contribution in [2.75, 3.05) is 26.7 Å². The Kier molecular flexibility index (Phi) is 9.39. The van der Waals surface area contributed by atoms with Gasteiger partial charge in [-0.1, -0.05) is 35.5 Å². The molecule has 4 rings (SSSR count). The van der Waals surface area contributed by atoms with Gasteiger partial charge in [0.25, 0.3) is 0 Å². The van der Waals surface area contributed by atoms with E-state index in [1.54, 1.807) is 45.2 Å². The molecule has 0 spiro atoms. The minimum Gasteiger partial charge on any atom is -0.494 e. The van der Waals surface area contributed by atoms with Gasteiger partial charge in [-0.15, -0.1) is 0 Å². The number of carbonyl (C=O) groups is 2. The molecule has 1 fully saturated rings. The van der Waals surface area contributed by atoms with E-state index in [9.17, 15) is 14.5 Å². The Morgan fingerprint density at radius 3 is 2.32 bits per heavy atom. The largest absolute Gasteiger partial charge is 0.636 e. The Morgan fingerprint density at radius 2 is 1.68 bits per heavy atom. The highest BCUT2D eigenvalue weighted by atomic mass is 16.6. The van der Waals surface area contributed by atoms with E-state index in [1.807, 2.05) is 38.1 Å². The second-order valence-electron chi connectivity index (χ2n) is 10.8. The molecule has 0 N–H and O–H groups in total. The van der Waals surface area contributed by atoms with E-state index in [0.717, 1.165) is 27.9 Å². The van der Waals surface area contributed by atoms with Gasteiger partial charge in [0.05, 0.1) is 19.7 Å². The lowest BCUT2D eigenvalue weighted by Crippen LogP contribution is -2.47. The minimum absolute atomic E-state index is 0.0117. The molecular formula is C30H34BN3O7. The summed E-state index contributed by atoms with van der Waals surface area (Å²) in [5.74, 6) is 0.198. The molecule has 1 aliphatic heterocycles. The van der Waals surface area contributed by atoms with Gasteiger partial charge in [-0.2, -0.15) is 4.91 Å². The van der Waals surface area contributed by atoms with Crippen LogP contribution in [0.4, 0.5) is 0 Å². The number of benzene rings is 2. The Balaban J connectivity index is 1.39. The summed E-state index contributed by atoms with van der Waals surface area (Å²) in [5, 5.41) is 3.12. The first-order chi connectivity index (χ1) is 19.5. The van der Waals surface area contributed by atoms with Gasteiger partial charge in [0.2, 0.25) is 5.88 Å². The zero-order valence-corrected chi connectivity index (χ0v) is 24.0. The summed E-state index contributed by atoms with van der Waals surface area (Å²) in [6, 6.07) is 16.9. The first kappa shape index (κ1) is 29.7. The van der Waals surface area contributed by atoms with Crippen LogP contribution in [0.1, 0.15) is 37.1 Å². The number of aromatic nitrogens is 1. The topological polar surface area (TPSA) is 117 Å². The molecule has 1 saturated heterocycles. The molecule has 214 valence electrons. The highest BCUT2D eigenvalue weighted by Crippen LogP contribution is 2.30. The monoisotopic (exact) mass is 559 g/mol. The Bertz CT molecular complexity index is 1370. The molecule has 0 radical (unpaired) electrons. The van der Waals surface area contributed by atoms with Crippen LogP contribution in [0, 0.1) is 18.8 Å². The molecule has 1 aromatic heterocycles. The maximum absolute atomic E-state index is 12.0. The van der Waals surface area contributed by atoms with Crippen molar-refractivity contribution in [3.63, 3.8) is 0 Å². The van der Waals surface area contributed by atoms with Crippen molar-refractivity contribution < 1.29 is 28.4 Å². The second kappa shape index (κ2) is 12.9. The van der Waals surface area contributed by atoms with Crippen LogP contribution in [0.5, 0.6) is 11.6 Å². The molecule has 0 aliphatic carbocycles. The van der Waals surface area contributed by atoms with E-state index >= 15 is 0 Å². The van der Waals surface area contributed by atoms with Crippen LogP contribution in [0.25, 0.3) is 11.1 Å². The summed E-state index contributed by atoms with van der Waals surface area (Å²) in [7, 11) is 0.556. The fourth-order valence-electron chi connectivity index (χ4n) is 4.43. The van der Waals surface area contributed by atoms with Crippen LogP contribution in [-0.2, 0) is 25.5 Å². The van der Waals surface area contributed by atoms with Crippen LogP contribution in [0.3, 0.4) is 0 Å². The molecule has 0 saturated carbocycles. The molecule has 11 heteroatoms. The zero-order chi connectivity index (χ0) is 29.6. The van der Waals surface area contributed by atoms with Crippen molar-refractivity contribution in [3.05, 3.63) is 76.3 Å². The molecule has 3 aromatic rings. The zero-order valence-electron chi connectivity index (χ0n) is 24.0. The number of hydrogen-bond acceptors (Lipinski definition) is 10. The Labute approximate surface area is 240 Å². The summed E-state index contributed by atoms with van der Waals surface area (Å²) in [4.78, 5) is 41.1. The normalized spacial score (nSPS) is 14.5. The number of nitrogens with zero attached hydrogens (tertiary/aromatic N) is 3. The third kappa shape index (κ3) is 8.14. The predicted octanol–water partition coefficient (Wildman–Crippen LogP) is 3.99. The van der Waals surface area contributed by atoms with Crippen LogP contribution in [0.2, 0.25) is 0 Å². The van der Waals surface area contributed by atoms with Gasteiger partial charge in [0.1, 0.15) is 17.9 Å². The Morgan fingerprint density at radius 1 is 1.00 bits per heavy atom. The molecule has 1 aliphatic rings. The summed E-state index contributed by atoms with van der Waals surface area (Å²) in [6.45, 7) is 8.22. The van der Waals surface area contributed by atoms with E-state index in [0.29, 0.717) is 36.7 Å². The van der Waals surface area contributed by atoms with Gasteiger partial charge >= 0.3 is 19.1 Å². The van der Waals surface area contributed by atoms with Gasteiger partial charge in [0, 0.05) is 29.2 Å². The van der Waals surface area contributed by atoms with Crippen molar-refractivity contribution in [3.8, 4) is 22.8 Å².